The Labute approximate surface area is 114 Å². The molecule has 0 heterocycles. The van der Waals surface area contributed by atoms with Crippen molar-refractivity contribution in [2.24, 2.45) is 5.73 Å². The highest BCUT2D eigenvalue weighted by Crippen LogP contribution is 2.27. The van der Waals surface area contributed by atoms with E-state index in [4.69, 9.17) is 5.73 Å². The smallest absolute Gasteiger partial charge is 0.243 e. The summed E-state index contributed by atoms with van der Waals surface area (Å²) in [4.78, 5) is 11.2. The van der Waals surface area contributed by atoms with Crippen molar-refractivity contribution in [3.05, 3.63) is 28.3 Å². The number of rotatable bonds is 4. The maximum atomic E-state index is 12.5. The molecule has 0 aromatic heterocycles. The third kappa shape index (κ3) is 2.96. The first-order chi connectivity index (χ1) is 8.59. The molecule has 19 heavy (non-hydrogen) atoms. The predicted octanol–water partition coefficient (Wildman–Crippen LogP) is 1.03. The van der Waals surface area contributed by atoms with Crippen LogP contribution in [0.1, 0.15) is 22.3 Å². The second-order valence-electron chi connectivity index (χ2n) is 4.82. The Morgan fingerprint density at radius 3 is 1.95 bits per heavy atom. The first-order valence-electron chi connectivity index (χ1n) is 5.91. The minimum Gasteiger partial charge on any atom is -0.369 e. The maximum Gasteiger partial charge on any atom is 0.243 e. The molecule has 6 heteroatoms. The van der Waals surface area contributed by atoms with Crippen LogP contribution in [0.2, 0.25) is 0 Å². The molecule has 0 unspecified atom stereocenters. The Balaban J connectivity index is 3.49. The fourth-order valence-corrected chi connectivity index (χ4v) is 3.73. The molecule has 5 nitrogen and oxygen atoms in total. The molecule has 0 aliphatic carbocycles. The van der Waals surface area contributed by atoms with E-state index in [1.54, 1.807) is 13.8 Å². The Morgan fingerprint density at radius 2 is 1.58 bits per heavy atom. The molecular weight excluding hydrogens is 264 g/mol. The van der Waals surface area contributed by atoms with Crippen molar-refractivity contribution in [1.29, 1.82) is 0 Å². The molecule has 1 aromatic carbocycles. The summed E-state index contributed by atoms with van der Waals surface area (Å²) in [6, 6.07) is 1.96. The van der Waals surface area contributed by atoms with Crippen LogP contribution in [0.3, 0.4) is 0 Å². The third-order valence-electron chi connectivity index (χ3n) is 3.34. The summed E-state index contributed by atoms with van der Waals surface area (Å²) in [5.74, 6) is -0.675. The lowest BCUT2D eigenvalue weighted by molar-refractivity contribution is -0.118. The quantitative estimate of drug-likeness (QED) is 0.896. The van der Waals surface area contributed by atoms with Crippen LogP contribution in [0.15, 0.2) is 11.0 Å². The fraction of sp³-hybridized carbons (Fsp3) is 0.462. The SMILES string of the molecule is Cc1cc(C)c(C)c(S(=O)(=O)N(C)CC(N)=O)c1C. The van der Waals surface area contributed by atoms with Crippen molar-refractivity contribution in [1.82, 2.24) is 4.31 Å². The maximum absolute atomic E-state index is 12.5. The summed E-state index contributed by atoms with van der Waals surface area (Å²) in [6.45, 7) is 6.96. The molecule has 0 aliphatic heterocycles. The summed E-state index contributed by atoms with van der Waals surface area (Å²) in [6.07, 6.45) is 0. The largest absolute Gasteiger partial charge is 0.369 e. The van der Waals surface area contributed by atoms with Gasteiger partial charge in [0.05, 0.1) is 11.4 Å². The number of hydrogen-bond donors (Lipinski definition) is 1. The van der Waals surface area contributed by atoms with Gasteiger partial charge in [-0.15, -0.1) is 0 Å². The van der Waals surface area contributed by atoms with Gasteiger partial charge in [0.2, 0.25) is 15.9 Å². The topological polar surface area (TPSA) is 80.5 Å². The predicted molar refractivity (Wildman–Crippen MR) is 74.4 cm³/mol. The number of nitrogens with zero attached hydrogens (tertiary/aromatic N) is 1. The first kappa shape index (κ1) is 15.7. The minimum absolute atomic E-state index is 0.272. The van der Waals surface area contributed by atoms with Crippen LogP contribution in [0.25, 0.3) is 0 Å². The van der Waals surface area contributed by atoms with E-state index in [2.05, 4.69) is 0 Å². The van der Waals surface area contributed by atoms with Gasteiger partial charge < -0.3 is 5.73 Å². The number of likely N-dealkylation sites (N-methyl/N-ethyl adjacent to an activating group) is 1. The summed E-state index contributed by atoms with van der Waals surface area (Å²) >= 11 is 0. The Bertz CT molecular complexity index is 595. The van der Waals surface area contributed by atoms with Crippen molar-refractivity contribution >= 4 is 15.9 Å². The van der Waals surface area contributed by atoms with Crippen molar-refractivity contribution in [2.45, 2.75) is 32.6 Å². The van der Waals surface area contributed by atoms with E-state index in [9.17, 15) is 13.2 Å². The Kier molecular flexibility index (Phi) is 4.37. The highest BCUT2D eigenvalue weighted by atomic mass is 32.2. The van der Waals surface area contributed by atoms with Gasteiger partial charge in [-0.2, -0.15) is 4.31 Å². The number of carbonyl (C=O) groups excluding carboxylic acids is 1. The molecule has 0 radical (unpaired) electrons. The summed E-state index contributed by atoms with van der Waals surface area (Å²) in [7, 11) is -2.35. The average Bonchev–Trinajstić information content (AvgIpc) is 2.25. The number of amides is 1. The van der Waals surface area contributed by atoms with Gasteiger partial charge in [-0.05, 0) is 49.9 Å². The molecule has 1 amide bonds. The highest BCUT2D eigenvalue weighted by molar-refractivity contribution is 7.89. The zero-order valence-corrected chi connectivity index (χ0v) is 12.8. The first-order valence-corrected chi connectivity index (χ1v) is 7.35. The number of carbonyl (C=O) groups is 1. The van der Waals surface area contributed by atoms with E-state index >= 15 is 0 Å². The van der Waals surface area contributed by atoms with Crippen LogP contribution < -0.4 is 5.73 Å². The van der Waals surface area contributed by atoms with Crippen LogP contribution in [0.4, 0.5) is 0 Å². The van der Waals surface area contributed by atoms with Gasteiger partial charge in [-0.25, -0.2) is 8.42 Å². The van der Waals surface area contributed by atoms with Gasteiger partial charge in [0.15, 0.2) is 0 Å². The second-order valence-corrected chi connectivity index (χ2v) is 6.80. The molecule has 0 saturated heterocycles. The molecular formula is C13H20N2O3S. The van der Waals surface area contributed by atoms with Crippen LogP contribution in [0, 0.1) is 27.7 Å². The third-order valence-corrected chi connectivity index (χ3v) is 5.42. The summed E-state index contributed by atoms with van der Waals surface area (Å²) in [5.41, 5.74) is 8.30. The van der Waals surface area contributed by atoms with E-state index in [0.717, 1.165) is 15.4 Å². The van der Waals surface area contributed by atoms with Gasteiger partial charge in [0.1, 0.15) is 0 Å². The van der Waals surface area contributed by atoms with Gasteiger partial charge in [-0.3, -0.25) is 4.79 Å². The fourth-order valence-electron chi connectivity index (χ4n) is 2.03. The molecule has 0 saturated carbocycles. The van der Waals surface area contributed by atoms with E-state index in [1.165, 1.54) is 7.05 Å². The second kappa shape index (κ2) is 5.30. The number of primary amides is 1. The van der Waals surface area contributed by atoms with Crippen LogP contribution in [-0.4, -0.2) is 32.2 Å². The molecule has 1 rings (SSSR count). The molecule has 0 fully saturated rings. The van der Waals surface area contributed by atoms with Gasteiger partial charge in [-0.1, -0.05) is 6.07 Å². The zero-order valence-electron chi connectivity index (χ0n) is 11.9. The number of aryl methyl sites for hydroxylation is 2. The summed E-state index contributed by atoms with van der Waals surface area (Å²) < 4.78 is 26.1. The zero-order chi connectivity index (χ0) is 15.0. The molecule has 0 spiro atoms. The van der Waals surface area contributed by atoms with E-state index in [1.807, 2.05) is 19.9 Å². The molecule has 0 atom stereocenters. The summed E-state index contributed by atoms with van der Waals surface area (Å²) in [5, 5.41) is 0. The molecule has 0 aliphatic rings. The average molecular weight is 284 g/mol. The number of benzene rings is 1. The van der Waals surface area contributed by atoms with Crippen LogP contribution in [0.5, 0.6) is 0 Å². The lowest BCUT2D eigenvalue weighted by Gasteiger charge is -2.21. The van der Waals surface area contributed by atoms with E-state index in [-0.39, 0.29) is 11.4 Å². The van der Waals surface area contributed by atoms with Crippen LogP contribution in [-0.2, 0) is 14.8 Å². The van der Waals surface area contributed by atoms with Crippen molar-refractivity contribution < 1.29 is 13.2 Å². The van der Waals surface area contributed by atoms with E-state index in [0.29, 0.717) is 11.1 Å². The number of hydrogen-bond acceptors (Lipinski definition) is 3. The Hall–Kier alpha value is -1.40. The van der Waals surface area contributed by atoms with Crippen LogP contribution >= 0.6 is 0 Å². The van der Waals surface area contributed by atoms with Gasteiger partial charge in [0.25, 0.3) is 0 Å². The number of sulfonamides is 1. The molecule has 0 bridgehead atoms. The van der Waals surface area contributed by atoms with Crippen molar-refractivity contribution in [3.8, 4) is 0 Å². The highest BCUT2D eigenvalue weighted by Gasteiger charge is 2.27. The van der Waals surface area contributed by atoms with E-state index < -0.39 is 15.9 Å². The van der Waals surface area contributed by atoms with Crippen molar-refractivity contribution in [3.63, 3.8) is 0 Å². The lowest BCUT2D eigenvalue weighted by atomic mass is 10.0. The normalized spacial score (nSPS) is 11.9. The molecule has 2 N–H and O–H groups in total. The number of nitrogens with two attached hydrogens (primary N) is 1. The standard InChI is InChI=1S/C13H20N2O3S/c1-8-6-9(2)11(4)13(10(8)3)19(17,18)15(5)7-12(14)16/h6H,7H2,1-5H3,(H2,14,16). The molecule has 1 aromatic rings. The monoisotopic (exact) mass is 284 g/mol. The lowest BCUT2D eigenvalue weighted by Crippen LogP contribution is -2.36. The molecule has 106 valence electrons. The Morgan fingerprint density at radius 1 is 1.16 bits per heavy atom. The van der Waals surface area contributed by atoms with Crippen molar-refractivity contribution in [2.75, 3.05) is 13.6 Å². The van der Waals surface area contributed by atoms with Gasteiger partial charge in [0, 0.05) is 7.05 Å². The minimum atomic E-state index is -3.71. The van der Waals surface area contributed by atoms with Gasteiger partial charge >= 0.3 is 0 Å².